The maximum absolute atomic E-state index is 6.47. The van der Waals surface area contributed by atoms with Crippen LogP contribution in [-0.2, 0) is 0 Å². The summed E-state index contributed by atoms with van der Waals surface area (Å²) >= 11 is 6.01. The van der Waals surface area contributed by atoms with Crippen LogP contribution < -0.4 is 16.6 Å². The minimum atomic E-state index is 0.0283. The van der Waals surface area contributed by atoms with Crippen LogP contribution >= 0.6 is 11.6 Å². The van der Waals surface area contributed by atoms with Crippen molar-refractivity contribution < 1.29 is 0 Å². The molecule has 0 spiro atoms. The minimum absolute atomic E-state index is 0.0283. The van der Waals surface area contributed by atoms with Gasteiger partial charge in [0.05, 0.1) is 5.54 Å². The highest BCUT2D eigenvalue weighted by Crippen LogP contribution is 2.57. The number of nitrogens with two attached hydrogens (primary N) is 2. The van der Waals surface area contributed by atoms with E-state index in [-0.39, 0.29) is 10.7 Å². The van der Waals surface area contributed by atoms with Gasteiger partial charge in [-0.2, -0.15) is 0 Å². The van der Waals surface area contributed by atoms with Crippen LogP contribution in [0.25, 0.3) is 0 Å². The molecule has 4 saturated carbocycles. The average molecular weight is 294 g/mol. The Morgan fingerprint density at radius 1 is 1.10 bits per heavy atom. The topological polar surface area (TPSA) is 81.1 Å². The monoisotopic (exact) mass is 293 g/mol. The maximum Gasteiger partial charge on any atom is 0.171 e. The lowest BCUT2D eigenvalue weighted by Crippen LogP contribution is -2.63. The quantitative estimate of drug-likeness (QED) is 0.497. The number of anilines is 2. The largest absolute Gasteiger partial charge is 0.393 e. The first-order chi connectivity index (χ1) is 9.57. The van der Waals surface area contributed by atoms with E-state index in [4.69, 9.17) is 23.2 Å². The Hall–Kier alpha value is -1.07. The van der Waals surface area contributed by atoms with E-state index in [0.29, 0.717) is 11.5 Å². The fourth-order valence-corrected chi connectivity index (χ4v) is 5.27. The summed E-state index contributed by atoms with van der Waals surface area (Å²) in [5.41, 5.74) is 6.45. The van der Waals surface area contributed by atoms with E-state index >= 15 is 0 Å². The Labute approximate surface area is 123 Å². The summed E-state index contributed by atoms with van der Waals surface area (Å²) < 4.78 is 0. The summed E-state index contributed by atoms with van der Waals surface area (Å²) in [5.74, 6) is 9.53. The molecule has 0 atom stereocenters. The molecule has 0 saturated heterocycles. The molecule has 4 aliphatic carbocycles. The van der Waals surface area contributed by atoms with Crippen molar-refractivity contribution in [3.63, 3.8) is 0 Å². The van der Waals surface area contributed by atoms with Crippen LogP contribution in [-0.4, -0.2) is 15.5 Å². The smallest absolute Gasteiger partial charge is 0.171 e. The van der Waals surface area contributed by atoms with Gasteiger partial charge in [-0.3, -0.25) is 5.01 Å². The summed E-state index contributed by atoms with van der Waals surface area (Å²) in [7, 11) is 0. The van der Waals surface area contributed by atoms with Gasteiger partial charge in [0.25, 0.3) is 0 Å². The van der Waals surface area contributed by atoms with Gasteiger partial charge < -0.3 is 5.73 Å². The number of hydrogen-bond acceptors (Lipinski definition) is 5. The van der Waals surface area contributed by atoms with Crippen molar-refractivity contribution in [2.45, 2.75) is 44.1 Å². The molecule has 0 aliphatic heterocycles. The van der Waals surface area contributed by atoms with Gasteiger partial charge in [-0.25, -0.2) is 15.8 Å². The molecule has 0 aromatic carbocycles. The Morgan fingerprint density at radius 3 is 2.20 bits per heavy atom. The first-order valence-corrected chi connectivity index (χ1v) is 7.76. The van der Waals surface area contributed by atoms with Gasteiger partial charge in [0.15, 0.2) is 11.0 Å². The zero-order chi connectivity index (χ0) is 13.9. The van der Waals surface area contributed by atoms with Crippen LogP contribution in [0.4, 0.5) is 11.5 Å². The van der Waals surface area contributed by atoms with Crippen LogP contribution in [0.15, 0.2) is 6.33 Å². The third-order valence-electron chi connectivity index (χ3n) is 5.56. The summed E-state index contributed by atoms with van der Waals surface area (Å²) in [4.78, 5) is 8.19. The number of aromatic nitrogens is 2. The van der Waals surface area contributed by atoms with Crippen LogP contribution in [0.5, 0.6) is 0 Å². The van der Waals surface area contributed by atoms with E-state index in [2.05, 4.69) is 9.97 Å². The molecule has 4 bridgehead atoms. The maximum atomic E-state index is 6.47. The van der Waals surface area contributed by atoms with Crippen molar-refractivity contribution in [1.29, 1.82) is 0 Å². The summed E-state index contributed by atoms with van der Waals surface area (Å²) in [6, 6.07) is 0. The second-order valence-corrected chi connectivity index (χ2v) is 7.27. The lowest BCUT2D eigenvalue weighted by atomic mass is 9.53. The molecule has 5 rings (SSSR count). The Bertz CT molecular complexity index is 511. The van der Waals surface area contributed by atoms with Gasteiger partial charge in [-0.05, 0) is 56.3 Å². The molecule has 4 fully saturated rings. The molecule has 4 aliphatic rings. The number of nitrogens with zero attached hydrogens (tertiary/aromatic N) is 3. The molecular weight excluding hydrogens is 274 g/mol. The second-order valence-electron chi connectivity index (χ2n) is 6.91. The first kappa shape index (κ1) is 12.7. The predicted octanol–water partition coefficient (Wildman–Crippen LogP) is 2.36. The molecule has 0 amide bonds. The van der Waals surface area contributed by atoms with Crippen molar-refractivity contribution >= 4 is 23.1 Å². The van der Waals surface area contributed by atoms with Crippen molar-refractivity contribution in [1.82, 2.24) is 9.97 Å². The molecule has 108 valence electrons. The molecule has 0 unspecified atom stereocenters. The van der Waals surface area contributed by atoms with Gasteiger partial charge in [-0.15, -0.1) is 0 Å². The normalized spacial score (nSPS) is 38.2. The number of hydrogen-bond donors (Lipinski definition) is 2. The molecular formula is C14H20ClN5. The molecule has 1 heterocycles. The van der Waals surface area contributed by atoms with E-state index in [1.165, 1.54) is 25.6 Å². The molecule has 5 nitrogen and oxygen atoms in total. The summed E-state index contributed by atoms with van der Waals surface area (Å²) in [6.45, 7) is 0. The van der Waals surface area contributed by atoms with Gasteiger partial charge >= 0.3 is 0 Å². The van der Waals surface area contributed by atoms with Gasteiger partial charge in [-0.1, -0.05) is 11.6 Å². The fraction of sp³-hybridized carbons (Fsp3) is 0.714. The van der Waals surface area contributed by atoms with Gasteiger partial charge in [0.2, 0.25) is 0 Å². The second kappa shape index (κ2) is 4.21. The van der Waals surface area contributed by atoms with E-state index in [1.807, 2.05) is 5.01 Å². The fourth-order valence-electron chi connectivity index (χ4n) is 5.14. The third-order valence-corrected chi connectivity index (χ3v) is 5.86. The minimum Gasteiger partial charge on any atom is -0.393 e. The zero-order valence-electron chi connectivity index (χ0n) is 11.4. The molecule has 1 aromatic rings. The highest BCUT2D eigenvalue weighted by atomic mass is 35.5. The van der Waals surface area contributed by atoms with Crippen molar-refractivity contribution in [2.75, 3.05) is 10.7 Å². The number of halogens is 1. The number of hydrazine groups is 1. The Morgan fingerprint density at radius 2 is 1.65 bits per heavy atom. The van der Waals surface area contributed by atoms with Crippen molar-refractivity contribution in [2.24, 2.45) is 23.6 Å². The summed E-state index contributed by atoms with van der Waals surface area (Å²) in [5, 5.41) is 2.11. The molecule has 1 aromatic heterocycles. The molecule has 0 radical (unpaired) electrons. The number of rotatable bonds is 2. The molecule has 6 heteroatoms. The van der Waals surface area contributed by atoms with Crippen LogP contribution in [0.2, 0.25) is 5.15 Å². The van der Waals surface area contributed by atoms with E-state index in [9.17, 15) is 0 Å². The van der Waals surface area contributed by atoms with Crippen LogP contribution in [0, 0.1) is 17.8 Å². The molecule has 20 heavy (non-hydrogen) atoms. The van der Waals surface area contributed by atoms with Crippen molar-refractivity contribution in [3.8, 4) is 0 Å². The summed E-state index contributed by atoms with van der Waals surface area (Å²) in [6.07, 6.45) is 9.07. The van der Waals surface area contributed by atoms with E-state index in [0.717, 1.165) is 37.0 Å². The zero-order valence-corrected chi connectivity index (χ0v) is 12.2. The SMILES string of the molecule is Nc1c(Cl)ncnc1N(N)C12CC3CC(CC(C3)C1)C2. The molecule has 4 N–H and O–H groups in total. The predicted molar refractivity (Wildman–Crippen MR) is 79.0 cm³/mol. The van der Waals surface area contributed by atoms with Crippen LogP contribution in [0.3, 0.4) is 0 Å². The Balaban J connectivity index is 1.71. The first-order valence-electron chi connectivity index (χ1n) is 7.38. The lowest BCUT2D eigenvalue weighted by Gasteiger charge is -2.59. The van der Waals surface area contributed by atoms with E-state index in [1.54, 1.807) is 0 Å². The van der Waals surface area contributed by atoms with Crippen LogP contribution in [0.1, 0.15) is 38.5 Å². The van der Waals surface area contributed by atoms with E-state index < -0.39 is 0 Å². The standard InChI is InChI=1S/C14H20ClN5/c15-12-11(16)13(19-7-18-12)20(17)14-4-8-1-9(5-14)3-10(2-8)6-14/h7-10H,1-6,16-17H2. The lowest BCUT2D eigenvalue weighted by molar-refractivity contribution is -0.00472. The average Bonchev–Trinajstić information content (AvgIpc) is 2.39. The van der Waals surface area contributed by atoms with Gasteiger partial charge in [0, 0.05) is 0 Å². The van der Waals surface area contributed by atoms with Gasteiger partial charge in [0.1, 0.15) is 12.0 Å². The highest BCUT2D eigenvalue weighted by molar-refractivity contribution is 6.32. The Kier molecular flexibility index (Phi) is 2.67. The number of nitrogen functional groups attached to an aromatic ring is 1. The highest BCUT2D eigenvalue weighted by Gasteiger charge is 2.53. The third kappa shape index (κ3) is 1.72. The van der Waals surface area contributed by atoms with Crippen molar-refractivity contribution in [3.05, 3.63) is 11.5 Å².